The molecular formula is C18H26O5. The molecule has 0 radical (unpaired) electrons. The van der Waals surface area contributed by atoms with E-state index in [1.165, 1.54) is 7.11 Å². The molecule has 1 N–H and O–H groups in total. The van der Waals surface area contributed by atoms with Gasteiger partial charge < -0.3 is 19.3 Å². The molecule has 128 valence electrons. The molecule has 0 aromatic heterocycles. The number of ether oxygens (including phenoxy) is 3. The molecule has 0 aliphatic rings. The average Bonchev–Trinajstić information content (AvgIpc) is 2.60. The van der Waals surface area contributed by atoms with Crippen LogP contribution in [0.5, 0.6) is 5.75 Å². The zero-order valence-corrected chi connectivity index (χ0v) is 14.4. The predicted octanol–water partition coefficient (Wildman–Crippen LogP) is 2.89. The summed E-state index contributed by atoms with van der Waals surface area (Å²) in [5.74, 6) is -0.264. The quantitative estimate of drug-likeness (QED) is 0.589. The van der Waals surface area contributed by atoms with E-state index in [-0.39, 0.29) is 6.10 Å². The number of hydrogen-bond donors (Lipinski definition) is 1. The highest BCUT2D eigenvalue weighted by atomic mass is 16.5. The third kappa shape index (κ3) is 5.37. The van der Waals surface area contributed by atoms with Crippen molar-refractivity contribution in [2.75, 3.05) is 21.3 Å². The number of carbonyl (C=O) groups is 1. The Morgan fingerprint density at radius 1 is 1.30 bits per heavy atom. The minimum absolute atomic E-state index is 0.152. The van der Waals surface area contributed by atoms with E-state index in [2.05, 4.69) is 4.74 Å². The highest BCUT2D eigenvalue weighted by Crippen LogP contribution is 2.26. The lowest BCUT2D eigenvalue weighted by Crippen LogP contribution is -2.27. The van der Waals surface area contributed by atoms with E-state index in [1.54, 1.807) is 28.1 Å². The van der Waals surface area contributed by atoms with E-state index in [9.17, 15) is 9.90 Å². The van der Waals surface area contributed by atoms with Crippen LogP contribution in [-0.4, -0.2) is 38.5 Å². The predicted molar refractivity (Wildman–Crippen MR) is 88.3 cm³/mol. The van der Waals surface area contributed by atoms with Crippen LogP contribution in [-0.2, 0) is 14.3 Å². The Morgan fingerprint density at radius 2 is 2.00 bits per heavy atom. The van der Waals surface area contributed by atoms with Crippen LogP contribution in [0.2, 0.25) is 0 Å². The van der Waals surface area contributed by atoms with Gasteiger partial charge in [0.05, 0.1) is 32.3 Å². The number of esters is 1. The number of hydrogen-bond acceptors (Lipinski definition) is 5. The van der Waals surface area contributed by atoms with Gasteiger partial charge in [0.1, 0.15) is 5.75 Å². The first kappa shape index (κ1) is 19.2. The largest absolute Gasteiger partial charge is 0.497 e. The van der Waals surface area contributed by atoms with Crippen molar-refractivity contribution in [1.82, 2.24) is 0 Å². The van der Waals surface area contributed by atoms with Gasteiger partial charge in [-0.2, -0.15) is 0 Å². The Balaban J connectivity index is 2.80. The molecule has 0 saturated carbocycles. The maximum Gasteiger partial charge on any atom is 0.311 e. The van der Waals surface area contributed by atoms with Crippen LogP contribution in [0.4, 0.5) is 0 Å². The SMILES string of the molecule is COC(=O)[C@H](C)[C@H](O)/C(C)=C/C[C@H](OC)c1cccc(OC)c1. The van der Waals surface area contributed by atoms with E-state index in [0.29, 0.717) is 12.0 Å². The van der Waals surface area contributed by atoms with Gasteiger partial charge in [-0.05, 0) is 43.5 Å². The zero-order valence-electron chi connectivity index (χ0n) is 14.4. The van der Waals surface area contributed by atoms with Crippen LogP contribution >= 0.6 is 0 Å². The van der Waals surface area contributed by atoms with Crippen LogP contribution in [0.15, 0.2) is 35.9 Å². The Bertz CT molecular complexity index is 538. The second kappa shape index (κ2) is 9.33. The summed E-state index contributed by atoms with van der Waals surface area (Å²) >= 11 is 0. The van der Waals surface area contributed by atoms with Crippen molar-refractivity contribution in [2.45, 2.75) is 32.5 Å². The standard InChI is InChI=1S/C18H26O5/c1-12(17(19)13(2)18(20)23-5)9-10-16(22-4)14-7-6-8-15(11-14)21-3/h6-9,11,13,16-17,19H,10H2,1-5H3/b12-9+/t13-,16+,17-/m1/s1. The highest BCUT2D eigenvalue weighted by molar-refractivity contribution is 5.73. The summed E-state index contributed by atoms with van der Waals surface area (Å²) in [5, 5.41) is 10.2. The molecule has 0 bridgehead atoms. The van der Waals surface area contributed by atoms with Crippen molar-refractivity contribution in [2.24, 2.45) is 5.92 Å². The minimum Gasteiger partial charge on any atom is -0.497 e. The summed E-state index contributed by atoms with van der Waals surface area (Å²) in [7, 11) is 4.57. The fraction of sp³-hybridized carbons (Fsp3) is 0.500. The van der Waals surface area contributed by atoms with Gasteiger partial charge in [-0.3, -0.25) is 4.79 Å². The number of carbonyl (C=O) groups excluding carboxylic acids is 1. The molecule has 0 aliphatic heterocycles. The Kier molecular flexibility index (Phi) is 7.78. The van der Waals surface area contributed by atoms with Gasteiger partial charge in [0.2, 0.25) is 0 Å². The fourth-order valence-electron chi connectivity index (χ4n) is 2.33. The maximum atomic E-state index is 11.5. The van der Waals surface area contributed by atoms with E-state index >= 15 is 0 Å². The van der Waals surface area contributed by atoms with Gasteiger partial charge in [-0.25, -0.2) is 0 Å². The third-order valence-corrected chi connectivity index (χ3v) is 3.92. The topological polar surface area (TPSA) is 65.0 Å². The van der Waals surface area contributed by atoms with E-state index in [1.807, 2.05) is 30.3 Å². The third-order valence-electron chi connectivity index (χ3n) is 3.92. The van der Waals surface area contributed by atoms with Crippen molar-refractivity contribution in [3.63, 3.8) is 0 Å². The fourth-order valence-corrected chi connectivity index (χ4v) is 2.33. The van der Waals surface area contributed by atoms with Crippen molar-refractivity contribution in [3.05, 3.63) is 41.5 Å². The molecule has 1 aromatic rings. The summed E-state index contributed by atoms with van der Waals surface area (Å²) in [4.78, 5) is 11.5. The van der Waals surface area contributed by atoms with Gasteiger partial charge in [0.25, 0.3) is 0 Å². The van der Waals surface area contributed by atoms with Crippen molar-refractivity contribution < 1.29 is 24.1 Å². The zero-order chi connectivity index (χ0) is 17.4. The van der Waals surface area contributed by atoms with Gasteiger partial charge in [-0.1, -0.05) is 18.2 Å². The molecule has 5 heteroatoms. The van der Waals surface area contributed by atoms with Gasteiger partial charge in [-0.15, -0.1) is 0 Å². The molecule has 1 rings (SSSR count). The summed E-state index contributed by atoms with van der Waals surface area (Å²) in [6, 6.07) is 7.67. The molecule has 0 aliphatic carbocycles. The second-order valence-electron chi connectivity index (χ2n) is 5.44. The highest BCUT2D eigenvalue weighted by Gasteiger charge is 2.24. The maximum absolute atomic E-state index is 11.5. The first-order valence-electron chi connectivity index (χ1n) is 7.53. The van der Waals surface area contributed by atoms with Crippen LogP contribution in [0.25, 0.3) is 0 Å². The summed E-state index contributed by atoms with van der Waals surface area (Å²) in [6.07, 6.45) is 1.45. The monoisotopic (exact) mass is 322 g/mol. The molecule has 0 heterocycles. The van der Waals surface area contributed by atoms with Gasteiger partial charge in [0.15, 0.2) is 0 Å². The molecule has 0 saturated heterocycles. The molecule has 23 heavy (non-hydrogen) atoms. The number of rotatable bonds is 8. The Labute approximate surface area is 137 Å². The lowest BCUT2D eigenvalue weighted by Gasteiger charge is -2.19. The molecule has 0 amide bonds. The summed E-state index contributed by atoms with van der Waals surface area (Å²) < 4.78 is 15.4. The lowest BCUT2D eigenvalue weighted by atomic mass is 9.96. The normalized spacial score (nSPS) is 15.7. The second-order valence-corrected chi connectivity index (χ2v) is 5.44. The lowest BCUT2D eigenvalue weighted by molar-refractivity contribution is -0.147. The van der Waals surface area contributed by atoms with E-state index in [0.717, 1.165) is 11.3 Å². The van der Waals surface area contributed by atoms with Crippen LogP contribution in [0.1, 0.15) is 31.9 Å². The number of methoxy groups -OCH3 is 3. The van der Waals surface area contributed by atoms with Crippen molar-refractivity contribution in [3.8, 4) is 5.75 Å². The van der Waals surface area contributed by atoms with Crippen LogP contribution in [0, 0.1) is 5.92 Å². The summed E-state index contributed by atoms with van der Waals surface area (Å²) in [5.41, 5.74) is 1.71. The van der Waals surface area contributed by atoms with Crippen LogP contribution < -0.4 is 4.74 Å². The first-order valence-corrected chi connectivity index (χ1v) is 7.53. The van der Waals surface area contributed by atoms with E-state index < -0.39 is 18.0 Å². The molecule has 1 aromatic carbocycles. The molecule has 0 unspecified atom stereocenters. The smallest absolute Gasteiger partial charge is 0.311 e. The van der Waals surface area contributed by atoms with Crippen molar-refractivity contribution >= 4 is 5.97 Å². The van der Waals surface area contributed by atoms with Crippen molar-refractivity contribution in [1.29, 1.82) is 0 Å². The van der Waals surface area contributed by atoms with Crippen LogP contribution in [0.3, 0.4) is 0 Å². The number of aliphatic hydroxyl groups is 1. The summed E-state index contributed by atoms with van der Waals surface area (Å²) in [6.45, 7) is 3.44. The molecule has 0 fully saturated rings. The first-order chi connectivity index (χ1) is 10.9. The molecule has 3 atom stereocenters. The number of aliphatic hydroxyl groups excluding tert-OH is 1. The molecule has 5 nitrogen and oxygen atoms in total. The Hall–Kier alpha value is -1.85. The minimum atomic E-state index is -0.870. The van der Waals surface area contributed by atoms with Gasteiger partial charge >= 0.3 is 5.97 Å². The average molecular weight is 322 g/mol. The molecule has 0 spiro atoms. The molecular weight excluding hydrogens is 296 g/mol. The van der Waals surface area contributed by atoms with Gasteiger partial charge in [0, 0.05) is 7.11 Å². The Morgan fingerprint density at radius 3 is 2.57 bits per heavy atom. The van der Waals surface area contributed by atoms with E-state index in [4.69, 9.17) is 9.47 Å². The number of benzene rings is 1.